The molecule has 118 valence electrons. The van der Waals surface area contributed by atoms with Gasteiger partial charge in [-0.15, -0.1) is 0 Å². The summed E-state index contributed by atoms with van der Waals surface area (Å²) in [6, 6.07) is 3.04. The van der Waals surface area contributed by atoms with E-state index in [1.54, 1.807) is 6.07 Å². The average Bonchev–Trinajstić information content (AvgIpc) is 2.44. The van der Waals surface area contributed by atoms with E-state index in [1.165, 1.54) is 13.0 Å². The topological polar surface area (TPSA) is 122 Å². The molecule has 0 saturated heterocycles. The summed E-state index contributed by atoms with van der Waals surface area (Å²) in [6.07, 6.45) is 1.51. The molecule has 0 spiro atoms. The zero-order valence-electron chi connectivity index (χ0n) is 11.8. The first kappa shape index (κ1) is 16.0. The number of aliphatic hydroxyl groups excluding tert-OH is 1. The summed E-state index contributed by atoms with van der Waals surface area (Å²) in [4.78, 5) is -0.0362. The quantitative estimate of drug-likeness (QED) is 0.549. The van der Waals surface area contributed by atoms with Crippen molar-refractivity contribution in [3.8, 4) is 5.75 Å². The van der Waals surface area contributed by atoms with Gasteiger partial charge in [0, 0.05) is 12.2 Å². The monoisotopic (exact) mass is 316 g/mol. The minimum Gasteiger partial charge on any atom is -0.492 e. The molecule has 8 heteroatoms. The molecule has 0 aromatic heterocycles. The Bertz CT molecular complexity index is 628. The summed E-state index contributed by atoms with van der Waals surface area (Å²) < 4.78 is 32.5. The maximum atomic E-state index is 12.4. The van der Waals surface area contributed by atoms with Crippen molar-refractivity contribution in [2.45, 2.75) is 30.3 Å². The molecule has 1 aliphatic heterocycles. The van der Waals surface area contributed by atoms with Crippen LogP contribution in [-0.4, -0.2) is 44.0 Å². The Balaban J connectivity index is 2.34. The van der Waals surface area contributed by atoms with Gasteiger partial charge in [0.25, 0.3) is 0 Å². The Hall–Kier alpha value is -1.35. The van der Waals surface area contributed by atoms with Crippen molar-refractivity contribution in [1.29, 1.82) is 0 Å². The van der Waals surface area contributed by atoms with Crippen LogP contribution in [0.4, 0.5) is 5.69 Å². The molecular formula is C13H20N2O5S. The van der Waals surface area contributed by atoms with Gasteiger partial charge in [-0.2, -0.15) is 0 Å². The Kier molecular flexibility index (Phi) is 4.43. The van der Waals surface area contributed by atoms with Crippen LogP contribution in [0, 0.1) is 0 Å². The molecule has 1 heterocycles. The molecule has 7 nitrogen and oxygen atoms in total. The van der Waals surface area contributed by atoms with Crippen LogP contribution in [0.5, 0.6) is 5.75 Å². The molecule has 1 aliphatic rings. The van der Waals surface area contributed by atoms with Crippen LogP contribution < -0.4 is 15.2 Å². The van der Waals surface area contributed by atoms with Crippen molar-refractivity contribution < 1.29 is 23.4 Å². The van der Waals surface area contributed by atoms with Gasteiger partial charge in [0.1, 0.15) is 10.6 Å². The molecule has 0 amide bonds. The van der Waals surface area contributed by atoms with E-state index >= 15 is 0 Å². The van der Waals surface area contributed by atoms with Crippen LogP contribution in [0.25, 0.3) is 0 Å². The standard InChI is InChI=1S/C13H20N2O5S/c1-13(17,8-16)7-15-21(18,19)11-6-10(14)5-9-3-2-4-20-12(9)11/h5-6,15-17H,2-4,7-8,14H2,1H3. The molecule has 21 heavy (non-hydrogen) atoms. The van der Waals surface area contributed by atoms with E-state index < -0.39 is 22.2 Å². The highest BCUT2D eigenvalue weighted by molar-refractivity contribution is 7.89. The van der Waals surface area contributed by atoms with Gasteiger partial charge in [0.2, 0.25) is 10.0 Å². The lowest BCUT2D eigenvalue weighted by molar-refractivity contribution is 0.00680. The molecule has 0 bridgehead atoms. The van der Waals surface area contributed by atoms with Crippen molar-refractivity contribution in [2.75, 3.05) is 25.5 Å². The second-order valence-electron chi connectivity index (χ2n) is 5.44. The number of anilines is 1. The molecular weight excluding hydrogens is 296 g/mol. The molecule has 1 atom stereocenters. The fourth-order valence-electron chi connectivity index (χ4n) is 2.05. The number of aliphatic hydroxyl groups is 2. The predicted molar refractivity (Wildman–Crippen MR) is 77.6 cm³/mol. The lowest BCUT2D eigenvalue weighted by Gasteiger charge is -2.23. The summed E-state index contributed by atoms with van der Waals surface area (Å²) in [5.74, 6) is 0.312. The molecule has 0 radical (unpaired) electrons. The number of hydrogen-bond acceptors (Lipinski definition) is 6. The van der Waals surface area contributed by atoms with Gasteiger partial charge in [0.05, 0.1) is 18.8 Å². The highest BCUT2D eigenvalue weighted by Gasteiger charge is 2.28. The van der Waals surface area contributed by atoms with Crippen molar-refractivity contribution in [2.24, 2.45) is 0 Å². The van der Waals surface area contributed by atoms with E-state index in [4.69, 9.17) is 15.6 Å². The number of hydrogen-bond donors (Lipinski definition) is 4. The van der Waals surface area contributed by atoms with Gasteiger partial charge in [-0.1, -0.05) is 0 Å². The number of ether oxygens (including phenoxy) is 1. The Morgan fingerprint density at radius 2 is 2.19 bits per heavy atom. The van der Waals surface area contributed by atoms with Crippen LogP contribution in [0.3, 0.4) is 0 Å². The molecule has 1 aromatic rings. The van der Waals surface area contributed by atoms with E-state index in [0.29, 0.717) is 24.5 Å². The van der Waals surface area contributed by atoms with Crippen LogP contribution in [0.1, 0.15) is 18.9 Å². The second-order valence-corrected chi connectivity index (χ2v) is 7.17. The fraction of sp³-hybridized carbons (Fsp3) is 0.538. The highest BCUT2D eigenvalue weighted by atomic mass is 32.2. The summed E-state index contributed by atoms with van der Waals surface area (Å²) in [7, 11) is -3.89. The minimum absolute atomic E-state index is 0.0362. The van der Waals surface area contributed by atoms with E-state index in [-0.39, 0.29) is 11.4 Å². The first-order valence-electron chi connectivity index (χ1n) is 6.63. The van der Waals surface area contributed by atoms with E-state index in [0.717, 1.165) is 12.0 Å². The minimum atomic E-state index is -3.89. The third-order valence-corrected chi connectivity index (χ3v) is 4.67. The van der Waals surface area contributed by atoms with E-state index in [9.17, 15) is 13.5 Å². The number of nitrogens with two attached hydrogens (primary N) is 1. The van der Waals surface area contributed by atoms with Crippen molar-refractivity contribution in [3.63, 3.8) is 0 Å². The number of nitrogens with one attached hydrogen (secondary N) is 1. The average molecular weight is 316 g/mol. The Morgan fingerprint density at radius 3 is 2.86 bits per heavy atom. The van der Waals surface area contributed by atoms with Crippen LogP contribution in [-0.2, 0) is 16.4 Å². The van der Waals surface area contributed by atoms with E-state index in [2.05, 4.69) is 4.72 Å². The maximum absolute atomic E-state index is 12.4. The fourth-order valence-corrected chi connectivity index (χ4v) is 3.44. The van der Waals surface area contributed by atoms with Crippen LogP contribution in [0.15, 0.2) is 17.0 Å². The van der Waals surface area contributed by atoms with Gasteiger partial charge >= 0.3 is 0 Å². The largest absolute Gasteiger partial charge is 0.492 e. The van der Waals surface area contributed by atoms with Crippen molar-refractivity contribution in [1.82, 2.24) is 4.72 Å². The third-order valence-electron chi connectivity index (χ3n) is 3.26. The summed E-state index contributed by atoms with van der Waals surface area (Å²) >= 11 is 0. The smallest absolute Gasteiger partial charge is 0.244 e. The van der Waals surface area contributed by atoms with Crippen LogP contribution >= 0.6 is 0 Å². The summed E-state index contributed by atoms with van der Waals surface area (Å²) in [5, 5.41) is 18.7. The highest BCUT2D eigenvalue weighted by Crippen LogP contribution is 2.34. The summed E-state index contributed by atoms with van der Waals surface area (Å²) in [6.45, 7) is 0.922. The maximum Gasteiger partial charge on any atom is 0.244 e. The third kappa shape index (κ3) is 3.65. The Morgan fingerprint density at radius 1 is 1.48 bits per heavy atom. The first-order chi connectivity index (χ1) is 9.75. The number of sulfonamides is 1. The molecule has 0 saturated carbocycles. The Labute approximate surface area is 123 Å². The van der Waals surface area contributed by atoms with Gasteiger partial charge in [-0.25, -0.2) is 13.1 Å². The number of benzene rings is 1. The molecule has 0 fully saturated rings. The molecule has 2 rings (SSSR count). The molecule has 1 unspecified atom stereocenters. The van der Waals surface area contributed by atoms with Gasteiger partial charge in [0.15, 0.2) is 0 Å². The van der Waals surface area contributed by atoms with Gasteiger partial charge in [-0.3, -0.25) is 0 Å². The number of rotatable bonds is 5. The normalized spacial score (nSPS) is 17.7. The number of aryl methyl sites for hydroxylation is 1. The number of nitrogen functional groups attached to an aromatic ring is 1. The SMILES string of the molecule is CC(O)(CO)CNS(=O)(=O)c1cc(N)cc2c1OCCC2. The second kappa shape index (κ2) is 5.80. The zero-order valence-corrected chi connectivity index (χ0v) is 12.6. The zero-order chi connectivity index (χ0) is 15.7. The molecule has 5 N–H and O–H groups in total. The van der Waals surface area contributed by atoms with Crippen molar-refractivity contribution >= 4 is 15.7 Å². The molecule has 0 aliphatic carbocycles. The predicted octanol–water partition coefficient (Wildman–Crippen LogP) is -0.385. The van der Waals surface area contributed by atoms with Crippen LogP contribution in [0.2, 0.25) is 0 Å². The van der Waals surface area contributed by atoms with Gasteiger partial charge in [-0.05, 0) is 37.5 Å². The summed E-state index contributed by atoms with van der Waals surface area (Å²) in [5.41, 5.74) is 5.32. The van der Waals surface area contributed by atoms with Gasteiger partial charge < -0.3 is 20.7 Å². The number of fused-ring (bicyclic) bond motifs is 1. The first-order valence-corrected chi connectivity index (χ1v) is 8.11. The lowest BCUT2D eigenvalue weighted by atomic mass is 10.1. The van der Waals surface area contributed by atoms with Crippen molar-refractivity contribution in [3.05, 3.63) is 17.7 Å². The molecule has 1 aromatic carbocycles. The lowest BCUT2D eigenvalue weighted by Crippen LogP contribution is -2.43. The van der Waals surface area contributed by atoms with E-state index in [1.807, 2.05) is 0 Å².